The van der Waals surface area contributed by atoms with E-state index in [-0.39, 0.29) is 74.0 Å². The first-order valence-electron chi connectivity index (χ1n) is 22.6. The summed E-state index contributed by atoms with van der Waals surface area (Å²) in [6.45, 7) is 6.28. The van der Waals surface area contributed by atoms with Gasteiger partial charge < -0.3 is 33.6 Å². The van der Waals surface area contributed by atoms with Crippen molar-refractivity contribution in [2.75, 3.05) is 41.0 Å². The van der Waals surface area contributed by atoms with Crippen LogP contribution < -0.4 is 14.2 Å². The van der Waals surface area contributed by atoms with Crippen LogP contribution >= 0.6 is 0 Å². The van der Waals surface area contributed by atoms with Crippen LogP contribution in [0.15, 0.2) is 113 Å². The number of carbonyl (C=O) groups is 2. The van der Waals surface area contributed by atoms with Crippen LogP contribution in [0.5, 0.6) is 17.2 Å². The SMILES string of the molecule is CCOC(=O)c1nc2c(-c3ccc(S(=O)(=O)[C@H]4CCN(C(=O)OC(C)(C)C)C4)c(S(=O)(=O)N(Cc4ccc(OC)cc4)Cc4ccc(OC)cc4)c3-c3nnn(Cc4ccc(OC)cc4)n3)cccc2[nH]1. The molecule has 0 aliphatic carbocycles. The van der Waals surface area contributed by atoms with Gasteiger partial charge in [0.25, 0.3) is 0 Å². The normalized spacial score (nSPS) is 14.2. The van der Waals surface area contributed by atoms with E-state index in [1.54, 1.807) is 114 Å². The summed E-state index contributed by atoms with van der Waals surface area (Å²) in [5.41, 5.74) is 1.95. The lowest BCUT2D eigenvalue weighted by molar-refractivity contribution is 0.0295. The van der Waals surface area contributed by atoms with Crippen LogP contribution in [0.25, 0.3) is 33.5 Å². The van der Waals surface area contributed by atoms with Gasteiger partial charge in [-0.15, -0.1) is 10.2 Å². The molecule has 71 heavy (non-hydrogen) atoms. The van der Waals surface area contributed by atoms with E-state index in [0.717, 1.165) is 5.56 Å². The van der Waals surface area contributed by atoms with Crippen LogP contribution in [0.4, 0.5) is 4.79 Å². The second kappa shape index (κ2) is 20.5. The third kappa shape index (κ3) is 10.9. The molecule has 0 unspecified atom stereocenters. The van der Waals surface area contributed by atoms with Gasteiger partial charge in [-0.25, -0.2) is 31.4 Å². The van der Waals surface area contributed by atoms with Crippen molar-refractivity contribution in [2.24, 2.45) is 0 Å². The smallest absolute Gasteiger partial charge is 0.410 e. The molecule has 1 saturated heterocycles. The molecule has 0 saturated carbocycles. The molecule has 7 aromatic rings. The van der Waals surface area contributed by atoms with Gasteiger partial charge in [-0.05, 0) is 110 Å². The number of nitrogens with one attached hydrogen (secondary N) is 1. The summed E-state index contributed by atoms with van der Waals surface area (Å²) in [5.74, 6) is 0.669. The van der Waals surface area contributed by atoms with Crippen molar-refractivity contribution in [3.63, 3.8) is 0 Å². The minimum atomic E-state index is -5.01. The zero-order chi connectivity index (χ0) is 50.7. The van der Waals surface area contributed by atoms with Crippen LogP contribution in [-0.4, -0.2) is 120 Å². The van der Waals surface area contributed by atoms with Gasteiger partial charge in [0.1, 0.15) is 27.7 Å². The van der Waals surface area contributed by atoms with Gasteiger partial charge in [-0.3, -0.25) is 0 Å². The van der Waals surface area contributed by atoms with E-state index >= 15 is 16.8 Å². The molecule has 1 atom stereocenters. The lowest BCUT2D eigenvalue weighted by Crippen LogP contribution is -2.37. The fourth-order valence-corrected chi connectivity index (χ4v) is 12.3. The van der Waals surface area contributed by atoms with Crippen molar-refractivity contribution in [2.45, 2.75) is 74.4 Å². The van der Waals surface area contributed by atoms with Crippen molar-refractivity contribution in [1.82, 2.24) is 39.4 Å². The maximum absolute atomic E-state index is 16.3. The van der Waals surface area contributed by atoms with Gasteiger partial charge in [0, 0.05) is 31.7 Å². The van der Waals surface area contributed by atoms with Crippen molar-refractivity contribution in [3.05, 3.63) is 126 Å². The third-order valence-electron chi connectivity index (χ3n) is 11.7. The molecule has 21 heteroatoms. The molecule has 1 fully saturated rings. The molecule has 5 aromatic carbocycles. The number of hydrogen-bond donors (Lipinski definition) is 1. The second-order valence-electron chi connectivity index (χ2n) is 17.7. The van der Waals surface area contributed by atoms with Crippen molar-refractivity contribution >= 4 is 43.0 Å². The number of rotatable bonds is 17. The molecular formula is C50H54N8O11S2. The van der Waals surface area contributed by atoms with Crippen LogP contribution in [-0.2, 0) is 49.0 Å². The van der Waals surface area contributed by atoms with E-state index in [2.05, 4.69) is 20.3 Å². The van der Waals surface area contributed by atoms with Gasteiger partial charge in [0.05, 0.1) is 61.2 Å². The quantitative estimate of drug-likeness (QED) is 0.0883. The summed E-state index contributed by atoms with van der Waals surface area (Å²) in [7, 11) is -5.08. The van der Waals surface area contributed by atoms with Gasteiger partial charge in [-0.1, -0.05) is 54.6 Å². The number of hydrogen-bond acceptors (Lipinski definition) is 15. The summed E-state index contributed by atoms with van der Waals surface area (Å²) in [5, 5.41) is 12.3. The Morgan fingerprint density at radius 1 is 0.775 bits per heavy atom. The van der Waals surface area contributed by atoms with Gasteiger partial charge in [0.2, 0.25) is 21.7 Å². The highest BCUT2D eigenvalue weighted by Gasteiger charge is 2.44. The van der Waals surface area contributed by atoms with E-state index in [0.29, 0.717) is 39.5 Å². The molecule has 8 rings (SSSR count). The Bertz CT molecular complexity index is 3230. The fraction of sp³-hybridized carbons (Fsp3) is 0.320. The zero-order valence-corrected chi connectivity index (χ0v) is 41.9. The number of sulfone groups is 1. The summed E-state index contributed by atoms with van der Waals surface area (Å²) in [6.07, 6.45) is -0.713. The standard InChI is InChI=1S/C50H54N8O11S2/c1-8-68-48(59)47-51-41-11-9-10-40(44(41)52-47)39-24-25-42(70(61,62)38-26-27-56(31-38)49(60)69-50(2,3)4)45(43(39)46-53-55-58(54-46)30-34-16-22-37(67-7)23-17-34)71(63,64)57(28-32-12-18-35(65-5)19-13-32)29-33-14-20-36(66-6)21-15-33/h9-25,38H,8,26-31H2,1-7H3,(H,51,52)/t38-/m0/s1. The number of methoxy groups -OCH3 is 3. The Morgan fingerprint density at radius 2 is 1.37 bits per heavy atom. The summed E-state index contributed by atoms with van der Waals surface area (Å²) in [6, 6.07) is 28.6. The van der Waals surface area contributed by atoms with Crippen molar-refractivity contribution in [3.8, 4) is 39.8 Å². The third-order valence-corrected chi connectivity index (χ3v) is 16.0. The number of aromatic amines is 1. The monoisotopic (exact) mass is 1010 g/mol. The number of likely N-dealkylation sites (tertiary alicyclic amines) is 1. The number of benzene rings is 5. The number of esters is 1. The molecule has 0 spiro atoms. The van der Waals surface area contributed by atoms with Crippen molar-refractivity contribution in [1.29, 1.82) is 0 Å². The number of carbonyl (C=O) groups excluding carboxylic acids is 2. The van der Waals surface area contributed by atoms with Crippen LogP contribution in [0.1, 0.15) is 61.4 Å². The number of ether oxygens (including phenoxy) is 5. The van der Waals surface area contributed by atoms with E-state index in [9.17, 15) is 9.59 Å². The number of amides is 1. The molecule has 3 heterocycles. The summed E-state index contributed by atoms with van der Waals surface area (Å²) < 4.78 is 91.8. The number of H-pyrrole nitrogens is 1. The maximum atomic E-state index is 16.3. The second-order valence-corrected chi connectivity index (χ2v) is 21.7. The largest absolute Gasteiger partial charge is 0.497 e. The van der Waals surface area contributed by atoms with Crippen LogP contribution in [0, 0.1) is 0 Å². The number of sulfonamides is 1. The molecule has 19 nitrogen and oxygen atoms in total. The first-order chi connectivity index (χ1) is 33.9. The Balaban J connectivity index is 1.40. The van der Waals surface area contributed by atoms with Gasteiger partial charge in [0.15, 0.2) is 9.84 Å². The lowest BCUT2D eigenvalue weighted by Gasteiger charge is -2.27. The van der Waals surface area contributed by atoms with E-state index in [1.807, 2.05) is 12.1 Å². The van der Waals surface area contributed by atoms with Crippen LogP contribution in [0.3, 0.4) is 0 Å². The fourth-order valence-electron chi connectivity index (χ4n) is 8.22. The number of nitrogens with zero attached hydrogens (tertiary/aromatic N) is 7. The molecule has 1 amide bonds. The zero-order valence-electron chi connectivity index (χ0n) is 40.3. The molecule has 0 bridgehead atoms. The van der Waals surface area contributed by atoms with E-state index in [4.69, 9.17) is 28.8 Å². The van der Waals surface area contributed by atoms with Gasteiger partial charge in [-0.2, -0.15) is 9.10 Å². The van der Waals surface area contributed by atoms with E-state index < -0.39 is 52.6 Å². The summed E-state index contributed by atoms with van der Waals surface area (Å²) in [4.78, 5) is 35.4. The van der Waals surface area contributed by atoms with Crippen molar-refractivity contribution < 1.29 is 50.1 Å². The lowest BCUT2D eigenvalue weighted by atomic mass is 9.98. The molecule has 2 aromatic heterocycles. The molecular weight excluding hydrogens is 953 g/mol. The first kappa shape index (κ1) is 50.0. The Kier molecular flexibility index (Phi) is 14.5. The molecule has 372 valence electrons. The summed E-state index contributed by atoms with van der Waals surface area (Å²) >= 11 is 0. The molecule has 0 radical (unpaired) electrons. The average Bonchev–Trinajstić information content (AvgIpc) is 4.15. The minimum absolute atomic E-state index is 0.0148. The molecule has 1 aliphatic rings. The Hall–Kier alpha value is -7.36. The molecule has 1 aliphatic heterocycles. The van der Waals surface area contributed by atoms with Crippen LogP contribution in [0.2, 0.25) is 0 Å². The minimum Gasteiger partial charge on any atom is -0.497 e. The topological polar surface area (TPSA) is 227 Å². The number of tetrazole rings is 1. The predicted molar refractivity (Wildman–Crippen MR) is 262 cm³/mol. The number of fused-ring (bicyclic) bond motifs is 1. The number of para-hydroxylation sites is 1. The Morgan fingerprint density at radius 3 is 1.93 bits per heavy atom. The number of aromatic nitrogens is 6. The first-order valence-corrected chi connectivity index (χ1v) is 25.6. The molecule has 1 N–H and O–H groups in total. The maximum Gasteiger partial charge on any atom is 0.410 e. The number of imidazole rings is 1. The predicted octanol–water partition coefficient (Wildman–Crippen LogP) is 7.31. The van der Waals surface area contributed by atoms with Gasteiger partial charge >= 0.3 is 12.1 Å². The Labute approximate surface area is 411 Å². The highest BCUT2D eigenvalue weighted by atomic mass is 32.2. The average molecular weight is 1010 g/mol. The van der Waals surface area contributed by atoms with E-state index in [1.165, 1.54) is 40.4 Å². The highest BCUT2D eigenvalue weighted by molar-refractivity contribution is 7.94. The highest BCUT2D eigenvalue weighted by Crippen LogP contribution is 2.44.